The molecule has 154 valence electrons. The summed E-state index contributed by atoms with van der Waals surface area (Å²) in [6, 6.07) is 17.5. The minimum absolute atomic E-state index is 0.110. The average Bonchev–Trinajstić information content (AvgIpc) is 2.77. The van der Waals surface area contributed by atoms with Crippen LogP contribution < -0.4 is 10.2 Å². The van der Waals surface area contributed by atoms with Crippen LogP contribution in [0.15, 0.2) is 54.6 Å². The van der Waals surface area contributed by atoms with Crippen molar-refractivity contribution in [1.29, 1.82) is 0 Å². The highest BCUT2D eigenvalue weighted by Gasteiger charge is 2.22. The maximum Gasteiger partial charge on any atom is 0.321 e. The number of carbonyl (C=O) groups excluding carboxylic acids is 1. The smallest absolute Gasteiger partial charge is 0.321 e. The summed E-state index contributed by atoms with van der Waals surface area (Å²) in [5.74, 6) is 0.832. The van der Waals surface area contributed by atoms with Gasteiger partial charge in [0.25, 0.3) is 0 Å². The Hall–Kier alpha value is -3.12. The number of anilines is 2. The van der Waals surface area contributed by atoms with Gasteiger partial charge in [-0.05, 0) is 49.2 Å². The van der Waals surface area contributed by atoms with E-state index in [4.69, 9.17) is 11.6 Å². The van der Waals surface area contributed by atoms with E-state index in [0.717, 1.165) is 28.3 Å². The van der Waals surface area contributed by atoms with Gasteiger partial charge in [0, 0.05) is 42.5 Å². The van der Waals surface area contributed by atoms with Gasteiger partial charge < -0.3 is 15.1 Å². The standard InChI is InChI=1S/C23H24ClN5O/c1-16-5-3-4-6-19(16)20-9-10-22(27-26-20)28-11-13-29(14-12-28)23(30)25-21-15-18(24)8-7-17(21)2/h3-10,15H,11-14H2,1-2H3,(H,25,30). The second-order valence-electron chi connectivity index (χ2n) is 7.46. The van der Waals surface area contributed by atoms with Crippen LogP contribution in [0.4, 0.5) is 16.3 Å². The van der Waals surface area contributed by atoms with Crippen molar-refractivity contribution in [3.63, 3.8) is 0 Å². The van der Waals surface area contributed by atoms with E-state index in [1.54, 1.807) is 6.07 Å². The summed E-state index contributed by atoms with van der Waals surface area (Å²) < 4.78 is 0. The third-order valence-corrected chi connectivity index (χ3v) is 5.64. The number of piperazine rings is 1. The number of nitrogens with one attached hydrogen (secondary N) is 1. The Kier molecular flexibility index (Phi) is 5.86. The van der Waals surface area contributed by atoms with Crippen LogP contribution in [0.5, 0.6) is 0 Å². The van der Waals surface area contributed by atoms with Gasteiger partial charge in [0.15, 0.2) is 5.82 Å². The zero-order valence-electron chi connectivity index (χ0n) is 17.1. The van der Waals surface area contributed by atoms with Gasteiger partial charge in [-0.25, -0.2) is 4.79 Å². The Morgan fingerprint density at radius 1 is 0.933 bits per heavy atom. The maximum absolute atomic E-state index is 12.6. The molecule has 2 aromatic carbocycles. The Morgan fingerprint density at radius 2 is 1.70 bits per heavy atom. The van der Waals surface area contributed by atoms with Gasteiger partial charge in [-0.3, -0.25) is 0 Å². The summed E-state index contributed by atoms with van der Waals surface area (Å²) in [6.45, 7) is 6.67. The lowest BCUT2D eigenvalue weighted by Gasteiger charge is -2.35. The van der Waals surface area contributed by atoms with Crippen molar-refractivity contribution in [2.75, 3.05) is 36.4 Å². The van der Waals surface area contributed by atoms with Gasteiger partial charge in [-0.2, -0.15) is 0 Å². The number of amides is 2. The molecule has 0 aliphatic carbocycles. The molecule has 0 bridgehead atoms. The number of urea groups is 1. The van der Waals surface area contributed by atoms with E-state index < -0.39 is 0 Å². The van der Waals surface area contributed by atoms with Crippen molar-refractivity contribution >= 4 is 29.1 Å². The van der Waals surface area contributed by atoms with Crippen LogP contribution in [-0.4, -0.2) is 47.3 Å². The lowest BCUT2D eigenvalue weighted by Crippen LogP contribution is -2.50. The lowest BCUT2D eigenvalue weighted by atomic mass is 10.1. The van der Waals surface area contributed by atoms with Crippen LogP contribution in [0.3, 0.4) is 0 Å². The molecule has 3 aromatic rings. The SMILES string of the molecule is Cc1ccc(Cl)cc1NC(=O)N1CCN(c2ccc(-c3ccccc3C)nn2)CC1. The van der Waals surface area contributed by atoms with Crippen LogP contribution in [0.2, 0.25) is 5.02 Å². The highest BCUT2D eigenvalue weighted by atomic mass is 35.5. The molecule has 0 atom stereocenters. The lowest BCUT2D eigenvalue weighted by molar-refractivity contribution is 0.208. The molecular formula is C23H24ClN5O. The summed E-state index contributed by atoms with van der Waals surface area (Å²) in [5, 5.41) is 12.4. The largest absolute Gasteiger partial charge is 0.352 e. The fourth-order valence-electron chi connectivity index (χ4n) is 3.56. The van der Waals surface area contributed by atoms with E-state index >= 15 is 0 Å². The van der Waals surface area contributed by atoms with E-state index in [1.807, 2.05) is 48.2 Å². The number of rotatable bonds is 3. The second-order valence-corrected chi connectivity index (χ2v) is 7.89. The maximum atomic E-state index is 12.6. The van der Waals surface area contributed by atoms with E-state index in [2.05, 4.69) is 39.5 Å². The Balaban J connectivity index is 1.37. The first-order valence-corrected chi connectivity index (χ1v) is 10.4. The molecule has 2 amide bonds. The number of halogens is 1. The average molecular weight is 422 g/mol. The first-order valence-electron chi connectivity index (χ1n) is 9.98. The van der Waals surface area contributed by atoms with E-state index in [0.29, 0.717) is 31.2 Å². The third kappa shape index (κ3) is 4.39. The molecule has 0 saturated carbocycles. The Morgan fingerprint density at radius 3 is 2.40 bits per heavy atom. The zero-order valence-corrected chi connectivity index (χ0v) is 17.9. The molecule has 1 aliphatic heterocycles. The fourth-order valence-corrected chi connectivity index (χ4v) is 3.73. The van der Waals surface area contributed by atoms with Gasteiger partial charge in [0.1, 0.15) is 0 Å². The Labute approximate surface area is 181 Å². The monoisotopic (exact) mass is 421 g/mol. The fraction of sp³-hybridized carbons (Fsp3) is 0.261. The summed E-state index contributed by atoms with van der Waals surface area (Å²) >= 11 is 6.05. The van der Waals surface area contributed by atoms with Crippen LogP contribution in [0.25, 0.3) is 11.3 Å². The van der Waals surface area contributed by atoms with E-state index in [-0.39, 0.29) is 6.03 Å². The molecule has 30 heavy (non-hydrogen) atoms. The number of aryl methyl sites for hydroxylation is 2. The van der Waals surface area contributed by atoms with Gasteiger partial charge >= 0.3 is 6.03 Å². The zero-order chi connectivity index (χ0) is 21.1. The molecule has 1 aromatic heterocycles. The second kappa shape index (κ2) is 8.71. The van der Waals surface area contributed by atoms with Crippen LogP contribution in [-0.2, 0) is 0 Å². The number of aromatic nitrogens is 2. The molecule has 4 rings (SSSR count). The first kappa shape index (κ1) is 20.2. The van der Waals surface area contributed by atoms with Gasteiger partial charge in [-0.15, -0.1) is 10.2 Å². The van der Waals surface area contributed by atoms with Crippen molar-refractivity contribution in [2.45, 2.75) is 13.8 Å². The van der Waals surface area contributed by atoms with Gasteiger partial charge in [0.2, 0.25) is 0 Å². The number of benzene rings is 2. The normalized spacial score (nSPS) is 14.0. The summed E-state index contributed by atoms with van der Waals surface area (Å²) in [4.78, 5) is 16.6. The minimum atomic E-state index is -0.110. The van der Waals surface area contributed by atoms with Crippen molar-refractivity contribution in [3.05, 3.63) is 70.7 Å². The van der Waals surface area contributed by atoms with Crippen molar-refractivity contribution in [1.82, 2.24) is 15.1 Å². The molecule has 2 heterocycles. The number of carbonyl (C=O) groups is 1. The first-order chi connectivity index (χ1) is 14.5. The molecule has 0 radical (unpaired) electrons. The highest BCUT2D eigenvalue weighted by Crippen LogP contribution is 2.23. The van der Waals surface area contributed by atoms with Gasteiger partial charge in [-0.1, -0.05) is 41.9 Å². The van der Waals surface area contributed by atoms with Gasteiger partial charge in [0.05, 0.1) is 5.69 Å². The highest BCUT2D eigenvalue weighted by molar-refractivity contribution is 6.31. The molecule has 0 unspecified atom stereocenters. The van der Waals surface area contributed by atoms with Crippen LogP contribution >= 0.6 is 11.6 Å². The predicted octanol–water partition coefficient (Wildman–Crippen LogP) is 4.77. The van der Waals surface area contributed by atoms with Crippen LogP contribution in [0, 0.1) is 13.8 Å². The number of nitrogens with zero attached hydrogens (tertiary/aromatic N) is 4. The molecule has 1 fully saturated rings. The molecule has 1 N–H and O–H groups in total. The van der Waals surface area contributed by atoms with E-state index in [1.165, 1.54) is 5.56 Å². The quantitative estimate of drug-likeness (QED) is 0.661. The molecular weight excluding hydrogens is 398 g/mol. The topological polar surface area (TPSA) is 61.4 Å². The van der Waals surface area contributed by atoms with E-state index in [9.17, 15) is 4.79 Å². The number of hydrogen-bond acceptors (Lipinski definition) is 4. The minimum Gasteiger partial charge on any atom is -0.352 e. The summed E-state index contributed by atoms with van der Waals surface area (Å²) in [6.07, 6.45) is 0. The predicted molar refractivity (Wildman–Crippen MR) is 121 cm³/mol. The number of hydrogen-bond donors (Lipinski definition) is 1. The molecule has 1 saturated heterocycles. The van der Waals surface area contributed by atoms with Crippen molar-refractivity contribution < 1.29 is 4.79 Å². The molecule has 1 aliphatic rings. The van der Waals surface area contributed by atoms with Crippen molar-refractivity contribution in [2.24, 2.45) is 0 Å². The van der Waals surface area contributed by atoms with Crippen molar-refractivity contribution in [3.8, 4) is 11.3 Å². The molecule has 7 heteroatoms. The summed E-state index contributed by atoms with van der Waals surface area (Å²) in [5.41, 5.74) is 4.86. The Bertz CT molecular complexity index is 1050. The molecule has 6 nitrogen and oxygen atoms in total. The summed E-state index contributed by atoms with van der Waals surface area (Å²) in [7, 11) is 0. The molecule has 0 spiro atoms. The third-order valence-electron chi connectivity index (χ3n) is 5.40. The van der Waals surface area contributed by atoms with Crippen LogP contribution in [0.1, 0.15) is 11.1 Å².